The third-order valence-electron chi connectivity index (χ3n) is 3.55. The Morgan fingerprint density at radius 2 is 2.00 bits per heavy atom. The SMILES string of the molecule is C[C@@H]1CN(C(=O)C2(C)CCCN2)C[C@H](C)O1. The van der Waals surface area contributed by atoms with Crippen molar-refractivity contribution in [2.24, 2.45) is 0 Å². The van der Waals surface area contributed by atoms with Gasteiger partial charge in [0, 0.05) is 13.1 Å². The molecule has 0 aliphatic carbocycles. The molecule has 0 saturated carbocycles. The van der Waals surface area contributed by atoms with Gasteiger partial charge < -0.3 is 15.0 Å². The zero-order valence-electron chi connectivity index (χ0n) is 10.5. The molecular formula is C12H22N2O2. The maximum Gasteiger partial charge on any atom is 0.242 e. The van der Waals surface area contributed by atoms with Gasteiger partial charge in [0.2, 0.25) is 5.91 Å². The zero-order valence-corrected chi connectivity index (χ0v) is 10.5. The van der Waals surface area contributed by atoms with Crippen LogP contribution in [-0.4, -0.2) is 48.2 Å². The van der Waals surface area contributed by atoms with Crippen molar-refractivity contribution in [1.29, 1.82) is 0 Å². The first-order valence-corrected chi connectivity index (χ1v) is 6.21. The summed E-state index contributed by atoms with van der Waals surface area (Å²) in [4.78, 5) is 14.4. The van der Waals surface area contributed by atoms with Crippen LogP contribution < -0.4 is 5.32 Å². The van der Waals surface area contributed by atoms with E-state index in [1.54, 1.807) is 0 Å². The van der Waals surface area contributed by atoms with Gasteiger partial charge in [0.15, 0.2) is 0 Å². The first kappa shape index (κ1) is 11.9. The molecule has 0 bridgehead atoms. The maximum absolute atomic E-state index is 12.4. The predicted molar refractivity (Wildman–Crippen MR) is 62.2 cm³/mol. The summed E-state index contributed by atoms with van der Waals surface area (Å²) < 4.78 is 5.65. The van der Waals surface area contributed by atoms with Crippen molar-refractivity contribution < 1.29 is 9.53 Å². The van der Waals surface area contributed by atoms with Gasteiger partial charge in [-0.1, -0.05) is 0 Å². The van der Waals surface area contributed by atoms with E-state index in [0.29, 0.717) is 0 Å². The minimum atomic E-state index is -0.337. The van der Waals surface area contributed by atoms with Crippen molar-refractivity contribution >= 4 is 5.91 Å². The number of ether oxygens (including phenoxy) is 1. The largest absolute Gasteiger partial charge is 0.372 e. The predicted octanol–water partition coefficient (Wildman–Crippen LogP) is 0.764. The number of carbonyl (C=O) groups is 1. The van der Waals surface area contributed by atoms with E-state index >= 15 is 0 Å². The summed E-state index contributed by atoms with van der Waals surface area (Å²) >= 11 is 0. The first-order chi connectivity index (χ1) is 7.51. The van der Waals surface area contributed by atoms with Gasteiger partial charge in [0.05, 0.1) is 17.7 Å². The van der Waals surface area contributed by atoms with E-state index in [-0.39, 0.29) is 23.7 Å². The maximum atomic E-state index is 12.4. The fraction of sp³-hybridized carbons (Fsp3) is 0.917. The molecule has 2 heterocycles. The highest BCUT2D eigenvalue weighted by molar-refractivity contribution is 5.86. The van der Waals surface area contributed by atoms with Crippen molar-refractivity contribution in [1.82, 2.24) is 10.2 Å². The molecule has 2 saturated heterocycles. The Morgan fingerprint density at radius 3 is 2.50 bits per heavy atom. The molecule has 1 amide bonds. The first-order valence-electron chi connectivity index (χ1n) is 6.21. The van der Waals surface area contributed by atoms with Gasteiger partial charge >= 0.3 is 0 Å². The number of hydrogen-bond donors (Lipinski definition) is 1. The van der Waals surface area contributed by atoms with Gasteiger partial charge in [0.25, 0.3) is 0 Å². The minimum absolute atomic E-state index is 0.151. The molecule has 0 spiro atoms. The number of nitrogens with one attached hydrogen (secondary N) is 1. The molecule has 0 radical (unpaired) electrons. The summed E-state index contributed by atoms with van der Waals surface area (Å²) in [5.74, 6) is 0.243. The molecule has 4 heteroatoms. The molecule has 0 aromatic carbocycles. The number of nitrogens with zero attached hydrogens (tertiary/aromatic N) is 1. The normalized spacial score (nSPS) is 40.1. The van der Waals surface area contributed by atoms with Gasteiger partial charge in [-0.3, -0.25) is 4.79 Å². The highest BCUT2D eigenvalue weighted by Crippen LogP contribution is 2.23. The molecule has 1 unspecified atom stereocenters. The second-order valence-corrected chi connectivity index (χ2v) is 5.33. The smallest absolute Gasteiger partial charge is 0.242 e. The van der Waals surface area contributed by atoms with Crippen molar-refractivity contribution in [3.63, 3.8) is 0 Å². The van der Waals surface area contributed by atoms with E-state index < -0.39 is 0 Å². The molecule has 2 aliphatic rings. The summed E-state index contributed by atoms with van der Waals surface area (Å²) in [5, 5.41) is 3.33. The van der Waals surface area contributed by atoms with Gasteiger partial charge in [0.1, 0.15) is 0 Å². The molecule has 2 fully saturated rings. The quantitative estimate of drug-likeness (QED) is 0.718. The van der Waals surface area contributed by atoms with Gasteiger partial charge in [-0.25, -0.2) is 0 Å². The molecule has 3 atom stereocenters. The van der Waals surface area contributed by atoms with Crippen molar-refractivity contribution in [2.45, 2.75) is 51.4 Å². The monoisotopic (exact) mass is 226 g/mol. The van der Waals surface area contributed by atoms with Crippen LogP contribution in [0.25, 0.3) is 0 Å². The average Bonchev–Trinajstić information content (AvgIpc) is 2.64. The van der Waals surface area contributed by atoms with Crippen LogP contribution in [0.5, 0.6) is 0 Å². The van der Waals surface area contributed by atoms with Crippen LogP contribution in [0, 0.1) is 0 Å². The number of amides is 1. The van der Waals surface area contributed by atoms with Crippen molar-refractivity contribution in [3.8, 4) is 0 Å². The third kappa shape index (κ3) is 2.23. The molecule has 0 aromatic rings. The van der Waals surface area contributed by atoms with Gasteiger partial charge in [-0.15, -0.1) is 0 Å². The van der Waals surface area contributed by atoms with E-state index in [0.717, 1.165) is 32.5 Å². The van der Waals surface area contributed by atoms with Gasteiger partial charge in [-0.2, -0.15) is 0 Å². The molecule has 0 aromatic heterocycles. The summed E-state index contributed by atoms with van der Waals surface area (Å²) in [6.45, 7) is 8.48. The average molecular weight is 226 g/mol. The van der Waals surface area contributed by atoms with Crippen LogP contribution in [-0.2, 0) is 9.53 Å². The molecule has 2 aliphatic heterocycles. The van der Waals surface area contributed by atoms with E-state index in [4.69, 9.17) is 4.74 Å². The topological polar surface area (TPSA) is 41.6 Å². The number of carbonyl (C=O) groups excluding carboxylic acids is 1. The van der Waals surface area contributed by atoms with Crippen LogP contribution in [0.4, 0.5) is 0 Å². The minimum Gasteiger partial charge on any atom is -0.372 e. The summed E-state index contributed by atoms with van der Waals surface area (Å²) in [7, 11) is 0. The summed E-state index contributed by atoms with van der Waals surface area (Å²) in [5.41, 5.74) is -0.337. The van der Waals surface area contributed by atoms with E-state index in [1.807, 2.05) is 25.7 Å². The molecule has 4 nitrogen and oxygen atoms in total. The van der Waals surface area contributed by atoms with Gasteiger partial charge in [-0.05, 0) is 40.2 Å². The lowest BCUT2D eigenvalue weighted by atomic mass is 9.97. The molecule has 16 heavy (non-hydrogen) atoms. The van der Waals surface area contributed by atoms with E-state index in [1.165, 1.54) is 0 Å². The van der Waals surface area contributed by atoms with Crippen LogP contribution in [0.3, 0.4) is 0 Å². The molecule has 1 N–H and O–H groups in total. The Labute approximate surface area is 97.3 Å². The Morgan fingerprint density at radius 1 is 1.38 bits per heavy atom. The zero-order chi connectivity index (χ0) is 11.8. The molecule has 2 rings (SSSR count). The fourth-order valence-electron chi connectivity index (χ4n) is 2.77. The number of morpholine rings is 1. The van der Waals surface area contributed by atoms with Crippen LogP contribution in [0.15, 0.2) is 0 Å². The third-order valence-corrected chi connectivity index (χ3v) is 3.55. The van der Waals surface area contributed by atoms with Crippen LogP contribution in [0.1, 0.15) is 33.6 Å². The highest BCUT2D eigenvalue weighted by atomic mass is 16.5. The fourth-order valence-corrected chi connectivity index (χ4v) is 2.77. The highest BCUT2D eigenvalue weighted by Gasteiger charge is 2.40. The molecule has 92 valence electrons. The lowest BCUT2D eigenvalue weighted by Gasteiger charge is -2.39. The number of rotatable bonds is 1. The Hall–Kier alpha value is -0.610. The summed E-state index contributed by atoms with van der Waals surface area (Å²) in [6.07, 6.45) is 2.35. The second kappa shape index (κ2) is 4.34. The van der Waals surface area contributed by atoms with E-state index in [2.05, 4.69) is 5.32 Å². The summed E-state index contributed by atoms with van der Waals surface area (Å²) in [6, 6.07) is 0. The Bertz CT molecular complexity index is 264. The standard InChI is InChI=1S/C12H22N2O2/c1-9-7-14(8-10(2)16-9)11(15)12(3)5-4-6-13-12/h9-10,13H,4-8H2,1-3H3/t9-,10+,12?. The van der Waals surface area contributed by atoms with E-state index in [9.17, 15) is 4.79 Å². The second-order valence-electron chi connectivity index (χ2n) is 5.33. The lowest BCUT2D eigenvalue weighted by molar-refractivity contribution is -0.149. The van der Waals surface area contributed by atoms with Crippen LogP contribution in [0.2, 0.25) is 0 Å². The Kier molecular flexibility index (Phi) is 3.22. The lowest BCUT2D eigenvalue weighted by Crippen LogP contribution is -2.58. The Balaban J connectivity index is 2.03. The van der Waals surface area contributed by atoms with Crippen molar-refractivity contribution in [2.75, 3.05) is 19.6 Å². The number of hydrogen-bond acceptors (Lipinski definition) is 3. The van der Waals surface area contributed by atoms with Crippen molar-refractivity contribution in [3.05, 3.63) is 0 Å². The van der Waals surface area contributed by atoms with Crippen LogP contribution >= 0.6 is 0 Å². The molecular weight excluding hydrogens is 204 g/mol.